The van der Waals surface area contributed by atoms with Gasteiger partial charge in [-0.15, -0.1) is 5.10 Å². The van der Waals surface area contributed by atoms with Crippen LogP contribution in [0.5, 0.6) is 0 Å². The van der Waals surface area contributed by atoms with Gasteiger partial charge in [0.05, 0.1) is 6.61 Å². The van der Waals surface area contributed by atoms with E-state index in [2.05, 4.69) is 27.1 Å². The molecular formula is C7H10N4O2. The van der Waals surface area contributed by atoms with Gasteiger partial charge in [0.15, 0.2) is 0 Å². The van der Waals surface area contributed by atoms with Crippen molar-refractivity contribution in [3.8, 4) is 0 Å². The summed E-state index contributed by atoms with van der Waals surface area (Å²) in [6, 6.07) is 0. The Bertz CT molecular complexity index is 331. The molecule has 70 valence electrons. The zero-order valence-electron chi connectivity index (χ0n) is 7.16. The molecule has 0 aliphatic carbocycles. The van der Waals surface area contributed by atoms with Crippen molar-refractivity contribution in [2.75, 3.05) is 11.9 Å². The van der Waals surface area contributed by atoms with Crippen LogP contribution in [0.2, 0.25) is 0 Å². The number of anilines is 1. The van der Waals surface area contributed by atoms with E-state index in [0.717, 1.165) is 0 Å². The van der Waals surface area contributed by atoms with Crippen LogP contribution < -0.4 is 5.32 Å². The molecule has 1 aromatic heterocycles. The van der Waals surface area contributed by atoms with E-state index in [1.165, 1.54) is 0 Å². The van der Waals surface area contributed by atoms with Crippen LogP contribution in [-0.4, -0.2) is 32.8 Å². The Morgan fingerprint density at radius 3 is 2.92 bits per heavy atom. The minimum absolute atomic E-state index is 0.0717. The number of amides is 1. The predicted octanol–water partition coefficient (Wildman–Crippen LogP) is -0.400. The fourth-order valence-electron chi connectivity index (χ4n) is 0.660. The average Bonchev–Trinajstić information content (AvgIpc) is 2.49. The van der Waals surface area contributed by atoms with E-state index in [0.29, 0.717) is 5.82 Å². The Hall–Kier alpha value is -1.69. The summed E-state index contributed by atoms with van der Waals surface area (Å²) in [7, 11) is 0. The molecule has 0 saturated carbocycles. The number of rotatable bonds is 3. The van der Waals surface area contributed by atoms with Gasteiger partial charge in [-0.2, -0.15) is 4.98 Å². The number of aryl methyl sites for hydroxylation is 1. The van der Waals surface area contributed by atoms with Crippen molar-refractivity contribution in [1.82, 2.24) is 15.2 Å². The van der Waals surface area contributed by atoms with Gasteiger partial charge in [-0.3, -0.25) is 15.2 Å². The Morgan fingerprint density at radius 2 is 2.46 bits per heavy atom. The maximum Gasteiger partial charge on any atom is 0.255 e. The Kier molecular flexibility index (Phi) is 2.76. The second kappa shape index (κ2) is 3.81. The van der Waals surface area contributed by atoms with Gasteiger partial charge < -0.3 is 5.11 Å². The summed E-state index contributed by atoms with van der Waals surface area (Å²) < 4.78 is 0. The van der Waals surface area contributed by atoms with E-state index in [1.807, 2.05) is 0 Å². The van der Waals surface area contributed by atoms with E-state index in [-0.39, 0.29) is 18.1 Å². The number of hydrogen-bond acceptors (Lipinski definition) is 4. The monoisotopic (exact) mass is 182 g/mol. The molecule has 0 atom stereocenters. The zero-order valence-corrected chi connectivity index (χ0v) is 7.16. The van der Waals surface area contributed by atoms with Gasteiger partial charge in [-0.05, 0) is 6.92 Å². The predicted molar refractivity (Wildman–Crippen MR) is 46.0 cm³/mol. The topological polar surface area (TPSA) is 90.9 Å². The Morgan fingerprint density at radius 1 is 1.77 bits per heavy atom. The highest BCUT2D eigenvalue weighted by molar-refractivity contribution is 6.02. The van der Waals surface area contributed by atoms with E-state index in [4.69, 9.17) is 5.11 Å². The van der Waals surface area contributed by atoms with Gasteiger partial charge in [-0.1, -0.05) is 6.58 Å². The van der Waals surface area contributed by atoms with Gasteiger partial charge in [0.25, 0.3) is 5.91 Å². The summed E-state index contributed by atoms with van der Waals surface area (Å²) >= 11 is 0. The zero-order chi connectivity index (χ0) is 9.84. The normalized spacial score (nSPS) is 9.69. The van der Waals surface area contributed by atoms with Crippen LogP contribution in [-0.2, 0) is 4.79 Å². The summed E-state index contributed by atoms with van der Waals surface area (Å²) in [5, 5.41) is 17.2. The molecule has 0 bridgehead atoms. The van der Waals surface area contributed by atoms with Gasteiger partial charge in [0.2, 0.25) is 5.95 Å². The molecule has 0 radical (unpaired) electrons. The van der Waals surface area contributed by atoms with Crippen LogP contribution in [0.1, 0.15) is 5.82 Å². The number of hydrogen-bond donors (Lipinski definition) is 3. The minimum atomic E-state index is -0.485. The van der Waals surface area contributed by atoms with Crippen molar-refractivity contribution in [2.45, 2.75) is 6.92 Å². The summed E-state index contributed by atoms with van der Waals surface area (Å²) in [5.41, 5.74) is 0.0717. The molecule has 0 aliphatic rings. The van der Waals surface area contributed by atoms with E-state index >= 15 is 0 Å². The van der Waals surface area contributed by atoms with Crippen LogP contribution in [0.4, 0.5) is 5.95 Å². The largest absolute Gasteiger partial charge is 0.391 e. The highest BCUT2D eigenvalue weighted by Crippen LogP contribution is 1.99. The van der Waals surface area contributed by atoms with Crippen LogP contribution in [0, 0.1) is 6.92 Å². The molecule has 0 saturated heterocycles. The first-order valence-corrected chi connectivity index (χ1v) is 3.62. The van der Waals surface area contributed by atoms with E-state index in [1.54, 1.807) is 6.92 Å². The lowest BCUT2D eigenvalue weighted by atomic mass is 10.3. The number of nitrogens with one attached hydrogen (secondary N) is 2. The molecule has 0 unspecified atom stereocenters. The molecule has 6 heteroatoms. The quantitative estimate of drug-likeness (QED) is 0.555. The molecule has 6 nitrogen and oxygen atoms in total. The fraction of sp³-hybridized carbons (Fsp3) is 0.286. The first-order chi connectivity index (χ1) is 6.13. The number of carbonyl (C=O) groups is 1. The third-order valence-electron chi connectivity index (χ3n) is 1.33. The number of aliphatic hydroxyl groups is 1. The first kappa shape index (κ1) is 9.40. The maximum atomic E-state index is 11.1. The molecule has 1 rings (SSSR count). The van der Waals surface area contributed by atoms with Gasteiger partial charge in [0, 0.05) is 5.57 Å². The van der Waals surface area contributed by atoms with Crippen molar-refractivity contribution in [2.24, 2.45) is 0 Å². The lowest BCUT2D eigenvalue weighted by Crippen LogP contribution is -2.16. The molecule has 13 heavy (non-hydrogen) atoms. The number of aliphatic hydroxyl groups excluding tert-OH is 1. The molecule has 0 aliphatic heterocycles. The second-order valence-corrected chi connectivity index (χ2v) is 2.46. The Balaban J connectivity index is 2.60. The van der Waals surface area contributed by atoms with Gasteiger partial charge in [-0.25, -0.2) is 0 Å². The van der Waals surface area contributed by atoms with Crippen LogP contribution in [0.15, 0.2) is 12.2 Å². The van der Waals surface area contributed by atoms with Crippen LogP contribution >= 0.6 is 0 Å². The molecule has 3 N–H and O–H groups in total. The molecule has 0 fully saturated rings. The number of H-pyrrole nitrogens is 1. The standard InChI is InChI=1S/C7H10N4O2/c1-4(3-12)6(13)9-7-8-5(2)10-11-7/h12H,1,3H2,2H3,(H2,8,9,10,11,13). The second-order valence-electron chi connectivity index (χ2n) is 2.46. The maximum absolute atomic E-state index is 11.1. The number of aromatic nitrogens is 3. The van der Waals surface area contributed by atoms with Crippen molar-refractivity contribution >= 4 is 11.9 Å². The van der Waals surface area contributed by atoms with Gasteiger partial charge in [0.1, 0.15) is 5.82 Å². The summed E-state index contributed by atoms with van der Waals surface area (Å²) in [5.74, 6) is 0.295. The molecule has 1 aromatic rings. The highest BCUT2D eigenvalue weighted by Gasteiger charge is 2.08. The smallest absolute Gasteiger partial charge is 0.255 e. The fourth-order valence-corrected chi connectivity index (χ4v) is 0.660. The van der Waals surface area contributed by atoms with Crippen molar-refractivity contribution in [1.29, 1.82) is 0 Å². The summed E-state index contributed by atoms with van der Waals surface area (Å²) in [6.45, 7) is 4.68. The minimum Gasteiger partial charge on any atom is -0.391 e. The van der Waals surface area contributed by atoms with Crippen molar-refractivity contribution < 1.29 is 9.90 Å². The molecular weight excluding hydrogens is 172 g/mol. The molecule has 0 aromatic carbocycles. The Labute approximate surface area is 74.7 Å². The third kappa shape index (κ3) is 2.38. The molecule has 0 spiro atoms. The van der Waals surface area contributed by atoms with Crippen LogP contribution in [0.25, 0.3) is 0 Å². The highest BCUT2D eigenvalue weighted by atomic mass is 16.3. The van der Waals surface area contributed by atoms with E-state index in [9.17, 15) is 4.79 Å². The van der Waals surface area contributed by atoms with Crippen molar-refractivity contribution in [3.05, 3.63) is 18.0 Å². The van der Waals surface area contributed by atoms with E-state index < -0.39 is 5.91 Å². The van der Waals surface area contributed by atoms with Crippen molar-refractivity contribution in [3.63, 3.8) is 0 Å². The van der Waals surface area contributed by atoms with Gasteiger partial charge >= 0.3 is 0 Å². The van der Waals surface area contributed by atoms with Crippen LogP contribution in [0.3, 0.4) is 0 Å². The number of aromatic amines is 1. The average molecular weight is 182 g/mol. The number of carbonyl (C=O) groups excluding carboxylic acids is 1. The SMILES string of the molecule is C=C(CO)C(=O)Nc1n[nH]c(C)n1. The molecule has 1 amide bonds. The first-order valence-electron chi connectivity index (χ1n) is 3.62. The lowest BCUT2D eigenvalue weighted by Gasteiger charge is -1.99. The third-order valence-corrected chi connectivity index (χ3v) is 1.33. The number of nitrogens with zero attached hydrogens (tertiary/aromatic N) is 2. The lowest BCUT2D eigenvalue weighted by molar-refractivity contribution is -0.113. The summed E-state index contributed by atoms with van der Waals surface area (Å²) in [6.07, 6.45) is 0. The molecule has 1 heterocycles. The summed E-state index contributed by atoms with van der Waals surface area (Å²) in [4.78, 5) is 14.9.